The maximum Gasteiger partial charge on any atom is 0.416 e. The summed E-state index contributed by atoms with van der Waals surface area (Å²) in [5.74, 6) is -0.478. The van der Waals surface area contributed by atoms with Crippen molar-refractivity contribution in [1.29, 1.82) is 0 Å². The van der Waals surface area contributed by atoms with Crippen molar-refractivity contribution in [3.05, 3.63) is 65.7 Å². The van der Waals surface area contributed by atoms with Gasteiger partial charge in [-0.15, -0.1) is 0 Å². The number of unbranched alkanes of at least 4 members (excludes halogenated alkanes) is 6. The first-order valence-corrected chi connectivity index (χ1v) is 15.5. The minimum Gasteiger partial charge on any atom is -0.350 e. The van der Waals surface area contributed by atoms with Gasteiger partial charge in [-0.2, -0.15) is 13.2 Å². The zero-order valence-corrected chi connectivity index (χ0v) is 25.0. The number of halogens is 3. The van der Waals surface area contributed by atoms with Gasteiger partial charge in [0.1, 0.15) is 12.1 Å². The molecule has 234 valence electrons. The Kier molecular flexibility index (Phi) is 11.1. The molecule has 1 spiro atoms. The van der Waals surface area contributed by atoms with Crippen molar-refractivity contribution in [2.45, 2.75) is 89.4 Å². The summed E-state index contributed by atoms with van der Waals surface area (Å²) in [7, 11) is 0. The van der Waals surface area contributed by atoms with Crippen molar-refractivity contribution >= 4 is 23.4 Å². The molecule has 4 rings (SSSR count). The largest absolute Gasteiger partial charge is 0.416 e. The van der Waals surface area contributed by atoms with Crippen LogP contribution in [0, 0.1) is 0 Å². The van der Waals surface area contributed by atoms with Crippen LogP contribution in [0.25, 0.3) is 0 Å². The summed E-state index contributed by atoms with van der Waals surface area (Å²) in [6, 6.07) is 14.4. The van der Waals surface area contributed by atoms with Crippen molar-refractivity contribution in [2.24, 2.45) is 0 Å². The van der Waals surface area contributed by atoms with Crippen LogP contribution >= 0.6 is 0 Å². The van der Waals surface area contributed by atoms with E-state index in [1.165, 1.54) is 42.7 Å². The quantitative estimate of drug-likeness (QED) is 0.281. The zero-order chi connectivity index (χ0) is 30.9. The van der Waals surface area contributed by atoms with Crippen molar-refractivity contribution in [2.75, 3.05) is 31.2 Å². The van der Waals surface area contributed by atoms with Gasteiger partial charge in [-0.3, -0.25) is 14.4 Å². The van der Waals surface area contributed by atoms with E-state index in [2.05, 4.69) is 12.2 Å². The summed E-state index contributed by atoms with van der Waals surface area (Å²) < 4.78 is 39.2. The molecule has 0 unspecified atom stereocenters. The lowest BCUT2D eigenvalue weighted by atomic mass is 9.85. The van der Waals surface area contributed by atoms with Gasteiger partial charge in [0.25, 0.3) is 5.91 Å². The van der Waals surface area contributed by atoms with Gasteiger partial charge in [-0.1, -0.05) is 75.8 Å². The van der Waals surface area contributed by atoms with Crippen molar-refractivity contribution < 1.29 is 27.6 Å². The third kappa shape index (κ3) is 8.30. The van der Waals surface area contributed by atoms with Crippen LogP contribution < -0.4 is 10.2 Å². The monoisotopic (exact) mass is 600 g/mol. The zero-order valence-electron chi connectivity index (χ0n) is 25.0. The minimum atomic E-state index is -4.47. The van der Waals surface area contributed by atoms with Crippen LogP contribution in [-0.2, 0) is 27.1 Å². The first kappa shape index (κ1) is 32.4. The molecule has 3 amide bonds. The smallest absolute Gasteiger partial charge is 0.350 e. The van der Waals surface area contributed by atoms with Crippen LogP contribution in [0.15, 0.2) is 54.6 Å². The number of carbonyl (C=O) groups is 3. The van der Waals surface area contributed by atoms with Crippen molar-refractivity contribution in [3.63, 3.8) is 0 Å². The van der Waals surface area contributed by atoms with Crippen LogP contribution in [0.1, 0.15) is 82.3 Å². The number of hydrogen-bond acceptors (Lipinski definition) is 4. The number of anilines is 1. The van der Waals surface area contributed by atoms with Gasteiger partial charge in [-0.25, -0.2) is 0 Å². The van der Waals surface area contributed by atoms with Gasteiger partial charge in [0, 0.05) is 31.7 Å². The molecular formula is C33H43F3N4O3. The molecule has 0 bridgehead atoms. The van der Waals surface area contributed by atoms with E-state index < -0.39 is 23.2 Å². The SMILES string of the molecule is CCCCCCCCCC(=O)N1CCC2(CC1)C(=O)N(CC(=O)NCc1cccc(C(F)(F)F)c1)CN2c1ccccc1. The number of benzene rings is 2. The van der Waals surface area contributed by atoms with Crippen molar-refractivity contribution in [3.8, 4) is 0 Å². The summed E-state index contributed by atoms with van der Waals surface area (Å²) in [4.78, 5) is 45.1. The molecule has 0 aromatic heterocycles. The molecule has 2 aliphatic rings. The summed E-state index contributed by atoms with van der Waals surface area (Å²) in [5, 5.41) is 2.66. The molecule has 2 aromatic rings. The fourth-order valence-corrected chi connectivity index (χ4v) is 6.13. The predicted molar refractivity (Wildman–Crippen MR) is 160 cm³/mol. The molecule has 2 aromatic carbocycles. The molecule has 43 heavy (non-hydrogen) atoms. The van der Waals surface area contributed by atoms with Gasteiger partial charge in [-0.05, 0) is 49.1 Å². The number of rotatable bonds is 13. The van der Waals surface area contributed by atoms with Gasteiger partial charge >= 0.3 is 6.18 Å². The predicted octanol–water partition coefficient (Wildman–Crippen LogP) is 6.13. The average molecular weight is 601 g/mol. The Hall–Kier alpha value is -3.56. The second-order valence-corrected chi connectivity index (χ2v) is 11.7. The summed E-state index contributed by atoms with van der Waals surface area (Å²) in [6.45, 7) is 3.08. The number of carbonyl (C=O) groups excluding carboxylic acids is 3. The average Bonchev–Trinajstić information content (AvgIpc) is 3.26. The first-order chi connectivity index (χ1) is 20.6. The number of alkyl halides is 3. The normalized spacial score (nSPS) is 16.7. The molecule has 0 radical (unpaired) electrons. The van der Waals surface area contributed by atoms with Gasteiger partial charge < -0.3 is 20.0 Å². The van der Waals surface area contributed by atoms with Crippen LogP contribution in [0.3, 0.4) is 0 Å². The Balaban J connectivity index is 1.35. The van der Waals surface area contributed by atoms with E-state index in [1.54, 1.807) is 0 Å². The molecule has 10 heteroatoms. The molecule has 0 aliphatic carbocycles. The molecule has 0 atom stereocenters. The summed E-state index contributed by atoms with van der Waals surface area (Å²) in [6.07, 6.45) is 5.01. The Morgan fingerprint density at radius 3 is 2.26 bits per heavy atom. The number of amides is 3. The molecule has 2 fully saturated rings. The van der Waals surface area contributed by atoms with Gasteiger partial charge in [0.2, 0.25) is 11.8 Å². The topological polar surface area (TPSA) is 73.0 Å². The van der Waals surface area contributed by atoms with E-state index in [0.29, 0.717) is 37.9 Å². The number of piperidine rings is 1. The summed E-state index contributed by atoms with van der Waals surface area (Å²) in [5.41, 5.74) is -0.447. The Labute approximate surface area is 252 Å². The maximum absolute atomic E-state index is 13.9. The molecule has 2 heterocycles. The van der Waals surface area contributed by atoms with Crippen molar-refractivity contribution in [1.82, 2.24) is 15.1 Å². The fourth-order valence-electron chi connectivity index (χ4n) is 6.13. The van der Waals surface area contributed by atoms with Gasteiger partial charge in [0.15, 0.2) is 0 Å². The van der Waals surface area contributed by atoms with Crippen LogP contribution in [-0.4, -0.2) is 59.4 Å². The number of para-hydroxylation sites is 1. The number of likely N-dealkylation sites (tertiary alicyclic amines) is 1. The molecule has 7 nitrogen and oxygen atoms in total. The lowest BCUT2D eigenvalue weighted by molar-refractivity contribution is -0.140. The first-order valence-electron chi connectivity index (χ1n) is 15.5. The highest BCUT2D eigenvalue weighted by Gasteiger charge is 2.54. The number of hydrogen-bond donors (Lipinski definition) is 1. The Morgan fingerprint density at radius 1 is 0.907 bits per heavy atom. The molecule has 2 saturated heterocycles. The lowest BCUT2D eigenvalue weighted by Crippen LogP contribution is -2.57. The van der Waals surface area contributed by atoms with Gasteiger partial charge in [0.05, 0.1) is 12.2 Å². The van der Waals surface area contributed by atoms with Crippen LogP contribution in [0.4, 0.5) is 18.9 Å². The Bertz CT molecular complexity index is 1230. The second kappa shape index (κ2) is 14.8. The highest BCUT2D eigenvalue weighted by atomic mass is 19.4. The van der Waals surface area contributed by atoms with E-state index in [-0.39, 0.29) is 31.6 Å². The van der Waals surface area contributed by atoms with E-state index in [1.807, 2.05) is 40.1 Å². The van der Waals surface area contributed by atoms with Crippen LogP contribution in [0.2, 0.25) is 0 Å². The maximum atomic E-state index is 13.9. The summed E-state index contributed by atoms with van der Waals surface area (Å²) >= 11 is 0. The third-order valence-corrected chi connectivity index (χ3v) is 8.60. The fraction of sp³-hybridized carbons (Fsp3) is 0.545. The number of nitrogens with one attached hydrogen (secondary N) is 1. The van der Waals surface area contributed by atoms with E-state index >= 15 is 0 Å². The standard InChI is InChI=1S/C33H43F3N4O3/c1-2-3-4-5-6-7-11-17-30(42)38-20-18-32(19-21-38)31(43)39(25-40(32)28-15-9-8-10-16-28)24-29(41)37-23-26-13-12-14-27(22-26)33(34,35)36/h8-10,12-16,22H,2-7,11,17-21,23-25H2,1H3,(H,37,41). The van der Waals surface area contributed by atoms with E-state index in [9.17, 15) is 27.6 Å². The van der Waals surface area contributed by atoms with E-state index in [4.69, 9.17) is 0 Å². The Morgan fingerprint density at radius 2 is 1.58 bits per heavy atom. The highest BCUT2D eigenvalue weighted by Crippen LogP contribution is 2.39. The van der Waals surface area contributed by atoms with Crippen LogP contribution in [0.5, 0.6) is 0 Å². The lowest BCUT2D eigenvalue weighted by Gasteiger charge is -2.43. The minimum absolute atomic E-state index is 0.0753. The third-order valence-electron chi connectivity index (χ3n) is 8.60. The molecule has 0 saturated carbocycles. The molecule has 1 N–H and O–H groups in total. The highest BCUT2D eigenvalue weighted by molar-refractivity contribution is 5.96. The molecule has 2 aliphatic heterocycles. The second-order valence-electron chi connectivity index (χ2n) is 11.7. The molecular weight excluding hydrogens is 557 g/mol. The number of nitrogens with zero attached hydrogens (tertiary/aromatic N) is 3. The van der Waals surface area contributed by atoms with E-state index in [0.717, 1.165) is 37.1 Å².